The molecule has 1 aromatic carbocycles. The van der Waals surface area contributed by atoms with Crippen LogP contribution >= 0.6 is 11.6 Å². The summed E-state index contributed by atoms with van der Waals surface area (Å²) in [5, 5.41) is 0.0747. The van der Waals surface area contributed by atoms with Crippen molar-refractivity contribution < 1.29 is 8.42 Å². The first-order valence-corrected chi connectivity index (χ1v) is 8.62. The van der Waals surface area contributed by atoms with Crippen LogP contribution in [0.3, 0.4) is 0 Å². The zero-order valence-electron chi connectivity index (χ0n) is 11.0. The molecule has 3 nitrogen and oxygen atoms in total. The zero-order chi connectivity index (χ0) is 14.0. The summed E-state index contributed by atoms with van der Waals surface area (Å²) >= 11 is 5.80. The number of halogens is 1. The van der Waals surface area contributed by atoms with Crippen LogP contribution in [0.4, 0.5) is 0 Å². The quantitative estimate of drug-likeness (QED) is 0.933. The van der Waals surface area contributed by atoms with Gasteiger partial charge in [0.05, 0.1) is 10.1 Å². The average Bonchev–Trinajstić information content (AvgIpc) is 2.39. The first-order valence-electron chi connectivity index (χ1n) is 6.70. The van der Waals surface area contributed by atoms with Gasteiger partial charge < -0.3 is 5.73 Å². The number of sulfone groups is 1. The van der Waals surface area contributed by atoms with Gasteiger partial charge in [-0.15, -0.1) is 0 Å². The molecule has 1 aromatic rings. The largest absolute Gasteiger partial charge is 0.327 e. The molecule has 0 aromatic heterocycles. The molecule has 19 heavy (non-hydrogen) atoms. The van der Waals surface area contributed by atoms with E-state index in [9.17, 15) is 8.42 Å². The number of hydrogen-bond donors (Lipinski definition) is 1. The maximum absolute atomic E-state index is 12.6. The van der Waals surface area contributed by atoms with E-state index in [0.29, 0.717) is 22.3 Å². The Morgan fingerprint density at radius 3 is 2.47 bits per heavy atom. The Morgan fingerprint density at radius 1 is 1.26 bits per heavy atom. The Kier molecular flexibility index (Phi) is 4.54. The third kappa shape index (κ3) is 3.12. The summed E-state index contributed by atoms with van der Waals surface area (Å²) in [7, 11) is -3.35. The summed E-state index contributed by atoms with van der Waals surface area (Å²) in [6.45, 7) is 2.10. The molecule has 0 radical (unpaired) electrons. The summed E-state index contributed by atoms with van der Waals surface area (Å²) in [6.07, 6.45) is 3.50. The highest BCUT2D eigenvalue weighted by molar-refractivity contribution is 7.92. The molecule has 0 amide bonds. The fraction of sp³-hybridized carbons (Fsp3) is 0.571. The fourth-order valence-corrected chi connectivity index (χ4v) is 4.87. The molecule has 2 rings (SSSR count). The molecule has 1 aliphatic carbocycles. The SMILES string of the molecule is CCC1CCC(N)C(S(=O)(=O)c2ccc(Cl)cc2)C1. The third-order valence-electron chi connectivity index (χ3n) is 4.07. The molecule has 0 aliphatic heterocycles. The Bertz CT molecular complexity index is 527. The van der Waals surface area contributed by atoms with Gasteiger partial charge in [-0.3, -0.25) is 0 Å². The predicted molar refractivity (Wildman–Crippen MR) is 78.0 cm³/mol. The van der Waals surface area contributed by atoms with Crippen LogP contribution in [-0.2, 0) is 9.84 Å². The lowest BCUT2D eigenvalue weighted by Crippen LogP contribution is -2.45. The van der Waals surface area contributed by atoms with Crippen LogP contribution in [0.5, 0.6) is 0 Å². The predicted octanol–water partition coefficient (Wildman–Crippen LogP) is 3.02. The number of benzene rings is 1. The van der Waals surface area contributed by atoms with Crippen LogP contribution in [-0.4, -0.2) is 19.7 Å². The van der Waals surface area contributed by atoms with Crippen molar-refractivity contribution in [2.75, 3.05) is 0 Å². The second kappa shape index (κ2) is 5.81. The molecule has 3 atom stereocenters. The lowest BCUT2D eigenvalue weighted by molar-refractivity contribution is 0.319. The van der Waals surface area contributed by atoms with E-state index in [2.05, 4.69) is 6.92 Å². The van der Waals surface area contributed by atoms with E-state index >= 15 is 0 Å². The molecule has 0 spiro atoms. The van der Waals surface area contributed by atoms with E-state index in [-0.39, 0.29) is 6.04 Å². The van der Waals surface area contributed by atoms with Crippen molar-refractivity contribution in [3.8, 4) is 0 Å². The molecule has 1 fully saturated rings. The van der Waals surface area contributed by atoms with E-state index in [0.717, 1.165) is 19.3 Å². The molecular weight excluding hydrogens is 282 g/mol. The maximum Gasteiger partial charge on any atom is 0.182 e. The van der Waals surface area contributed by atoms with E-state index in [1.807, 2.05) is 0 Å². The van der Waals surface area contributed by atoms with Gasteiger partial charge in [0.15, 0.2) is 9.84 Å². The Hall–Kier alpha value is -0.580. The van der Waals surface area contributed by atoms with Gasteiger partial charge in [0, 0.05) is 11.1 Å². The van der Waals surface area contributed by atoms with Crippen LogP contribution in [0.15, 0.2) is 29.2 Å². The first-order chi connectivity index (χ1) is 8.95. The van der Waals surface area contributed by atoms with Crippen molar-refractivity contribution in [1.29, 1.82) is 0 Å². The molecule has 0 saturated heterocycles. The minimum atomic E-state index is -3.35. The minimum Gasteiger partial charge on any atom is -0.327 e. The monoisotopic (exact) mass is 301 g/mol. The standard InChI is InChI=1S/C14H20ClNO2S/c1-2-10-3-8-13(16)14(9-10)19(17,18)12-6-4-11(15)5-7-12/h4-7,10,13-14H,2-3,8-9,16H2,1H3. The number of rotatable bonds is 3. The molecule has 2 N–H and O–H groups in total. The average molecular weight is 302 g/mol. The van der Waals surface area contributed by atoms with Crippen molar-refractivity contribution in [3.63, 3.8) is 0 Å². The van der Waals surface area contributed by atoms with Crippen LogP contribution in [0.25, 0.3) is 0 Å². The van der Waals surface area contributed by atoms with Crippen molar-refractivity contribution in [1.82, 2.24) is 0 Å². The Morgan fingerprint density at radius 2 is 1.89 bits per heavy atom. The van der Waals surface area contributed by atoms with E-state index in [1.165, 1.54) is 0 Å². The van der Waals surface area contributed by atoms with E-state index in [1.54, 1.807) is 24.3 Å². The van der Waals surface area contributed by atoms with Gasteiger partial charge in [-0.1, -0.05) is 24.9 Å². The highest BCUT2D eigenvalue weighted by Gasteiger charge is 2.37. The van der Waals surface area contributed by atoms with Gasteiger partial charge in [-0.05, 0) is 49.4 Å². The highest BCUT2D eigenvalue weighted by Crippen LogP contribution is 2.33. The van der Waals surface area contributed by atoms with Gasteiger partial charge in [-0.2, -0.15) is 0 Å². The van der Waals surface area contributed by atoms with Crippen LogP contribution in [0.2, 0.25) is 5.02 Å². The first kappa shape index (κ1) is 14.8. The van der Waals surface area contributed by atoms with Crippen molar-refractivity contribution >= 4 is 21.4 Å². The Labute approximate surface area is 120 Å². The lowest BCUT2D eigenvalue weighted by Gasteiger charge is -2.33. The van der Waals surface area contributed by atoms with Crippen molar-refractivity contribution in [2.24, 2.45) is 11.7 Å². The van der Waals surface area contributed by atoms with Crippen molar-refractivity contribution in [2.45, 2.75) is 48.8 Å². The normalized spacial score (nSPS) is 28.3. The maximum atomic E-state index is 12.6. The van der Waals surface area contributed by atoms with E-state index < -0.39 is 15.1 Å². The fourth-order valence-electron chi connectivity index (χ4n) is 2.76. The molecule has 106 valence electrons. The summed E-state index contributed by atoms with van der Waals surface area (Å²) in [5.74, 6) is 0.465. The zero-order valence-corrected chi connectivity index (χ0v) is 12.6. The molecule has 1 aliphatic rings. The Balaban J connectivity index is 2.29. The summed E-state index contributed by atoms with van der Waals surface area (Å²) in [5.41, 5.74) is 6.04. The topological polar surface area (TPSA) is 60.2 Å². The van der Waals surface area contributed by atoms with Gasteiger partial charge in [0.2, 0.25) is 0 Å². The van der Waals surface area contributed by atoms with Crippen LogP contribution < -0.4 is 5.73 Å². The van der Waals surface area contributed by atoms with Gasteiger partial charge >= 0.3 is 0 Å². The van der Waals surface area contributed by atoms with Gasteiger partial charge in [-0.25, -0.2) is 8.42 Å². The second-order valence-electron chi connectivity index (χ2n) is 5.29. The van der Waals surface area contributed by atoms with Gasteiger partial charge in [0.1, 0.15) is 0 Å². The van der Waals surface area contributed by atoms with Crippen molar-refractivity contribution in [3.05, 3.63) is 29.3 Å². The molecule has 0 bridgehead atoms. The summed E-state index contributed by atoms with van der Waals surface area (Å²) < 4.78 is 25.3. The summed E-state index contributed by atoms with van der Waals surface area (Å²) in [4.78, 5) is 0.328. The molecule has 3 unspecified atom stereocenters. The third-order valence-corrected chi connectivity index (χ3v) is 6.59. The van der Waals surface area contributed by atoms with Crippen LogP contribution in [0.1, 0.15) is 32.6 Å². The van der Waals surface area contributed by atoms with Gasteiger partial charge in [0.25, 0.3) is 0 Å². The molecular formula is C14H20ClNO2S. The number of nitrogens with two attached hydrogens (primary N) is 1. The van der Waals surface area contributed by atoms with E-state index in [4.69, 9.17) is 17.3 Å². The molecule has 5 heteroatoms. The lowest BCUT2D eigenvalue weighted by atomic mass is 9.84. The summed E-state index contributed by atoms with van der Waals surface area (Å²) in [6, 6.07) is 6.10. The highest BCUT2D eigenvalue weighted by atomic mass is 35.5. The minimum absolute atomic E-state index is 0.261. The second-order valence-corrected chi connectivity index (χ2v) is 7.89. The van der Waals surface area contributed by atoms with Crippen LogP contribution in [0, 0.1) is 5.92 Å². The molecule has 1 saturated carbocycles. The number of hydrogen-bond acceptors (Lipinski definition) is 3. The molecule has 0 heterocycles. The smallest absolute Gasteiger partial charge is 0.182 e.